The van der Waals surface area contributed by atoms with Gasteiger partial charge in [0.05, 0.1) is 6.54 Å². The first-order valence-corrected chi connectivity index (χ1v) is 6.99. The van der Waals surface area contributed by atoms with E-state index in [1.807, 2.05) is 31.2 Å². The summed E-state index contributed by atoms with van der Waals surface area (Å²) in [7, 11) is 1.52. The van der Waals surface area contributed by atoms with Crippen LogP contribution in [0.25, 0.3) is 10.6 Å². The summed E-state index contributed by atoms with van der Waals surface area (Å²) >= 11 is 1.40. The molecule has 1 heterocycles. The van der Waals surface area contributed by atoms with E-state index in [9.17, 15) is 9.59 Å². The molecule has 2 N–H and O–H groups in total. The van der Waals surface area contributed by atoms with Gasteiger partial charge < -0.3 is 10.6 Å². The molecular formula is C14H15N3O2S. The molecule has 104 valence electrons. The lowest BCUT2D eigenvalue weighted by molar-refractivity contribution is -0.119. The third-order valence-corrected chi connectivity index (χ3v) is 3.62. The Bertz CT molecular complexity index is 620. The molecule has 2 amide bonds. The van der Waals surface area contributed by atoms with E-state index >= 15 is 0 Å². The highest BCUT2D eigenvalue weighted by molar-refractivity contribution is 7.13. The number of aryl methyl sites for hydroxylation is 1. The zero-order chi connectivity index (χ0) is 14.5. The minimum atomic E-state index is -0.344. The number of amides is 2. The van der Waals surface area contributed by atoms with Gasteiger partial charge in [0.25, 0.3) is 5.91 Å². The summed E-state index contributed by atoms with van der Waals surface area (Å²) < 4.78 is 0. The fourth-order valence-corrected chi connectivity index (χ4v) is 2.35. The fourth-order valence-electron chi connectivity index (χ4n) is 1.55. The van der Waals surface area contributed by atoms with E-state index in [0.717, 1.165) is 10.6 Å². The Morgan fingerprint density at radius 1 is 1.25 bits per heavy atom. The number of carbonyl (C=O) groups excluding carboxylic acids is 2. The number of hydrogen-bond acceptors (Lipinski definition) is 4. The standard InChI is InChI=1S/C14H15N3O2S/c1-9-3-5-10(6-4-9)14-17-11(8-20-14)13(19)16-7-12(18)15-2/h3-6,8H,7H2,1-2H3,(H,15,18)(H,16,19). The van der Waals surface area contributed by atoms with Gasteiger partial charge in [0.15, 0.2) is 0 Å². The minimum Gasteiger partial charge on any atom is -0.358 e. The average Bonchev–Trinajstić information content (AvgIpc) is 2.95. The highest BCUT2D eigenvalue weighted by atomic mass is 32.1. The second kappa shape index (κ2) is 6.29. The molecule has 6 heteroatoms. The smallest absolute Gasteiger partial charge is 0.271 e. The van der Waals surface area contributed by atoms with Crippen molar-refractivity contribution in [2.45, 2.75) is 6.92 Å². The maximum atomic E-state index is 11.8. The van der Waals surface area contributed by atoms with E-state index in [-0.39, 0.29) is 18.4 Å². The highest BCUT2D eigenvalue weighted by Gasteiger charge is 2.12. The molecule has 0 bridgehead atoms. The van der Waals surface area contributed by atoms with Gasteiger partial charge in [0, 0.05) is 18.0 Å². The molecule has 0 aliphatic rings. The van der Waals surface area contributed by atoms with Gasteiger partial charge in [-0.1, -0.05) is 29.8 Å². The summed E-state index contributed by atoms with van der Waals surface area (Å²) in [6.07, 6.45) is 0. The summed E-state index contributed by atoms with van der Waals surface area (Å²) in [6, 6.07) is 7.95. The van der Waals surface area contributed by atoms with E-state index in [1.54, 1.807) is 5.38 Å². The first-order valence-electron chi connectivity index (χ1n) is 6.11. The van der Waals surface area contributed by atoms with Crippen LogP contribution in [-0.2, 0) is 4.79 Å². The van der Waals surface area contributed by atoms with Crippen molar-refractivity contribution < 1.29 is 9.59 Å². The van der Waals surface area contributed by atoms with Gasteiger partial charge in [-0.15, -0.1) is 11.3 Å². The van der Waals surface area contributed by atoms with Crippen LogP contribution in [0.4, 0.5) is 0 Å². The van der Waals surface area contributed by atoms with E-state index in [1.165, 1.54) is 23.9 Å². The van der Waals surface area contributed by atoms with Gasteiger partial charge in [0.2, 0.25) is 5.91 Å². The van der Waals surface area contributed by atoms with Crippen LogP contribution < -0.4 is 10.6 Å². The highest BCUT2D eigenvalue weighted by Crippen LogP contribution is 2.23. The first-order chi connectivity index (χ1) is 9.60. The molecule has 2 aromatic rings. The maximum Gasteiger partial charge on any atom is 0.271 e. The molecule has 2 rings (SSSR count). The summed E-state index contributed by atoms with van der Waals surface area (Å²) in [5, 5.41) is 7.43. The van der Waals surface area contributed by atoms with Gasteiger partial charge in [-0.2, -0.15) is 0 Å². The molecule has 0 radical (unpaired) electrons. The number of likely N-dealkylation sites (N-methyl/N-ethyl adjacent to an activating group) is 1. The van der Waals surface area contributed by atoms with Crippen molar-refractivity contribution in [3.05, 3.63) is 40.9 Å². The van der Waals surface area contributed by atoms with E-state index in [2.05, 4.69) is 15.6 Å². The molecule has 5 nitrogen and oxygen atoms in total. The zero-order valence-electron chi connectivity index (χ0n) is 11.3. The fraction of sp³-hybridized carbons (Fsp3) is 0.214. The number of aromatic nitrogens is 1. The Hall–Kier alpha value is -2.21. The van der Waals surface area contributed by atoms with Crippen molar-refractivity contribution in [1.29, 1.82) is 0 Å². The van der Waals surface area contributed by atoms with Crippen molar-refractivity contribution in [1.82, 2.24) is 15.6 Å². The van der Waals surface area contributed by atoms with Crippen LogP contribution in [0.1, 0.15) is 16.1 Å². The summed E-state index contributed by atoms with van der Waals surface area (Å²) in [5.41, 5.74) is 2.48. The number of hydrogen-bond donors (Lipinski definition) is 2. The SMILES string of the molecule is CNC(=O)CNC(=O)c1csc(-c2ccc(C)cc2)n1. The number of nitrogens with zero attached hydrogens (tertiary/aromatic N) is 1. The predicted molar refractivity (Wildman–Crippen MR) is 78.7 cm³/mol. The molecule has 1 aromatic heterocycles. The number of rotatable bonds is 4. The topological polar surface area (TPSA) is 71.1 Å². The predicted octanol–water partition coefficient (Wildman–Crippen LogP) is 1.59. The molecule has 1 aromatic carbocycles. The van der Waals surface area contributed by atoms with Crippen LogP contribution in [-0.4, -0.2) is 30.4 Å². The summed E-state index contributed by atoms with van der Waals surface area (Å²) in [6.45, 7) is 1.97. The van der Waals surface area contributed by atoms with E-state index in [4.69, 9.17) is 0 Å². The minimum absolute atomic E-state index is 0.0489. The Labute approximate surface area is 121 Å². The van der Waals surface area contributed by atoms with Crippen molar-refractivity contribution >= 4 is 23.2 Å². The number of thiazole rings is 1. The van der Waals surface area contributed by atoms with Gasteiger partial charge in [-0.3, -0.25) is 9.59 Å². The molecule has 0 aliphatic heterocycles. The largest absolute Gasteiger partial charge is 0.358 e. The number of nitrogens with one attached hydrogen (secondary N) is 2. The van der Waals surface area contributed by atoms with Crippen LogP contribution in [0.3, 0.4) is 0 Å². The Morgan fingerprint density at radius 3 is 2.60 bits per heavy atom. The van der Waals surface area contributed by atoms with Gasteiger partial charge >= 0.3 is 0 Å². The third-order valence-electron chi connectivity index (χ3n) is 2.72. The third kappa shape index (κ3) is 3.42. The van der Waals surface area contributed by atoms with Crippen LogP contribution in [0.2, 0.25) is 0 Å². The van der Waals surface area contributed by atoms with E-state index < -0.39 is 0 Å². The molecule has 0 aliphatic carbocycles. The van der Waals surface area contributed by atoms with Crippen molar-refractivity contribution in [2.24, 2.45) is 0 Å². The van der Waals surface area contributed by atoms with E-state index in [0.29, 0.717) is 5.69 Å². The maximum absolute atomic E-state index is 11.8. The molecule has 0 atom stereocenters. The van der Waals surface area contributed by atoms with Crippen molar-refractivity contribution in [3.8, 4) is 10.6 Å². The van der Waals surface area contributed by atoms with Crippen LogP contribution in [0.15, 0.2) is 29.6 Å². The molecular weight excluding hydrogens is 274 g/mol. The summed E-state index contributed by atoms with van der Waals surface area (Å²) in [4.78, 5) is 27.2. The molecule has 0 unspecified atom stereocenters. The molecule has 0 fully saturated rings. The lowest BCUT2D eigenvalue weighted by Crippen LogP contribution is -2.35. The van der Waals surface area contributed by atoms with Crippen molar-refractivity contribution in [3.63, 3.8) is 0 Å². The molecule has 0 spiro atoms. The zero-order valence-corrected chi connectivity index (χ0v) is 12.1. The normalized spacial score (nSPS) is 10.1. The molecule has 0 saturated carbocycles. The first kappa shape index (κ1) is 14.2. The van der Waals surface area contributed by atoms with Crippen LogP contribution in [0, 0.1) is 6.92 Å². The second-order valence-corrected chi connectivity index (χ2v) is 5.12. The van der Waals surface area contributed by atoms with Gasteiger partial charge in [-0.25, -0.2) is 4.98 Å². The van der Waals surface area contributed by atoms with Crippen LogP contribution in [0.5, 0.6) is 0 Å². The summed E-state index contributed by atoms with van der Waals surface area (Å²) in [5.74, 6) is -0.587. The lowest BCUT2D eigenvalue weighted by Gasteiger charge is -2.01. The van der Waals surface area contributed by atoms with Gasteiger partial charge in [-0.05, 0) is 6.92 Å². The molecule has 20 heavy (non-hydrogen) atoms. The molecule has 0 saturated heterocycles. The lowest BCUT2D eigenvalue weighted by atomic mass is 10.2. The Morgan fingerprint density at radius 2 is 1.95 bits per heavy atom. The second-order valence-electron chi connectivity index (χ2n) is 4.26. The number of benzene rings is 1. The average molecular weight is 289 g/mol. The number of carbonyl (C=O) groups is 2. The Balaban J connectivity index is 2.06. The van der Waals surface area contributed by atoms with Crippen LogP contribution >= 0.6 is 11.3 Å². The van der Waals surface area contributed by atoms with Crippen molar-refractivity contribution in [2.75, 3.05) is 13.6 Å². The quantitative estimate of drug-likeness (QED) is 0.898. The monoisotopic (exact) mass is 289 g/mol. The van der Waals surface area contributed by atoms with Gasteiger partial charge in [0.1, 0.15) is 10.7 Å². The Kier molecular flexibility index (Phi) is 4.47.